The number of rotatable bonds is 39. The van der Waals surface area contributed by atoms with Crippen LogP contribution in [0.15, 0.2) is 0 Å². The highest BCUT2D eigenvalue weighted by Gasteiger charge is 2.69. The minimum Gasteiger partial charge on any atom is -0.460 e. The van der Waals surface area contributed by atoms with Crippen molar-refractivity contribution in [1.29, 1.82) is 0 Å². The Labute approximate surface area is 518 Å². The van der Waals surface area contributed by atoms with Crippen LogP contribution in [0.3, 0.4) is 0 Å². The van der Waals surface area contributed by atoms with E-state index in [4.69, 9.17) is 28.8 Å². The molecule has 4 aliphatic rings. The van der Waals surface area contributed by atoms with E-state index < -0.39 is 39.8 Å². The van der Waals surface area contributed by atoms with Crippen LogP contribution in [0.2, 0.25) is 0 Å². The molecule has 0 radical (unpaired) electrons. The molecule has 494 valence electrons. The van der Waals surface area contributed by atoms with Gasteiger partial charge in [0, 0.05) is 33.2 Å². The smallest absolute Gasteiger partial charge is 0.313 e. The number of hydrogen-bond donors (Lipinski definition) is 0. The zero-order valence-electron chi connectivity index (χ0n) is 59.0. The molecule has 0 aromatic rings. The summed E-state index contributed by atoms with van der Waals surface area (Å²) in [6.07, 6.45) is 32.9. The number of hydrogen-bond acceptors (Lipinski definition) is 12. The van der Waals surface area contributed by atoms with Crippen molar-refractivity contribution < 1.29 is 38.4 Å². The zero-order valence-corrected chi connectivity index (χ0v) is 59.0. The van der Waals surface area contributed by atoms with Crippen LogP contribution in [0, 0.1) is 17.3 Å². The van der Waals surface area contributed by atoms with Gasteiger partial charge < -0.3 is 9.47 Å². The third-order valence-electron chi connectivity index (χ3n) is 21.2. The lowest BCUT2D eigenvalue weighted by Gasteiger charge is -2.65. The van der Waals surface area contributed by atoms with Gasteiger partial charge in [0.2, 0.25) is 0 Å². The molecule has 4 atom stereocenters. The Morgan fingerprint density at radius 1 is 0.345 bits per heavy atom. The summed E-state index contributed by atoms with van der Waals surface area (Å²) in [5.41, 5.74) is -5.45. The Morgan fingerprint density at radius 3 is 0.893 bits per heavy atom. The standard InChI is InChI=1S/C72H138N4O8/c1-21-25-29-33-37-41-53-79-73-64(5,6)49-45-58(68(73,13)14)72(59-46-50-65(7,8)74(69(59,15)16)80-54-42-38-34-30-26-22-2,63(78)84-61-48-52-67(11,12)76(71(61,19)20)82-56-44-40-36-32-28-24-4)57-62(77)83-60-47-51-66(9,10)75(70(60,17)18)81-55-43-39-35-31-27-23-3/h58-61H,21-57H2,1-20H3. The molecule has 0 aromatic carbocycles. The van der Waals surface area contributed by atoms with Gasteiger partial charge in [-0.05, 0) is 200 Å². The van der Waals surface area contributed by atoms with Crippen molar-refractivity contribution in [2.45, 2.75) is 407 Å². The Kier molecular flexibility index (Phi) is 30.0. The summed E-state index contributed by atoms with van der Waals surface area (Å²) >= 11 is 0. The van der Waals surface area contributed by atoms with Crippen molar-refractivity contribution in [2.75, 3.05) is 26.4 Å². The Balaban J connectivity index is 1.91. The van der Waals surface area contributed by atoms with E-state index in [0.29, 0.717) is 52.1 Å². The predicted octanol–water partition coefficient (Wildman–Crippen LogP) is 19.2. The van der Waals surface area contributed by atoms with Gasteiger partial charge in [-0.15, -0.1) is 0 Å². The van der Waals surface area contributed by atoms with Crippen LogP contribution in [0.4, 0.5) is 0 Å². The normalized spacial score (nSPS) is 26.4. The zero-order chi connectivity index (χ0) is 62.7. The molecule has 12 nitrogen and oxygen atoms in total. The van der Waals surface area contributed by atoms with Gasteiger partial charge in [-0.1, -0.05) is 156 Å². The van der Waals surface area contributed by atoms with Crippen LogP contribution >= 0.6 is 0 Å². The number of esters is 2. The number of hydroxylamine groups is 8. The molecular formula is C72H138N4O8. The molecule has 0 amide bonds. The first-order chi connectivity index (χ1) is 39.4. The van der Waals surface area contributed by atoms with Gasteiger partial charge in [0.15, 0.2) is 0 Å². The average Bonchev–Trinajstić information content (AvgIpc) is 0.739. The molecule has 4 saturated heterocycles. The van der Waals surface area contributed by atoms with E-state index in [2.05, 4.69) is 159 Å². The fourth-order valence-electron chi connectivity index (χ4n) is 16.7. The van der Waals surface area contributed by atoms with E-state index in [1.807, 2.05) is 0 Å². The molecule has 0 saturated carbocycles. The van der Waals surface area contributed by atoms with E-state index in [1.54, 1.807) is 0 Å². The maximum Gasteiger partial charge on any atom is 0.313 e. The maximum absolute atomic E-state index is 17.2. The first-order valence-corrected chi connectivity index (χ1v) is 35.5. The Morgan fingerprint density at radius 2 is 0.595 bits per heavy atom. The van der Waals surface area contributed by atoms with E-state index in [9.17, 15) is 0 Å². The number of carbonyl (C=O) groups excluding carboxylic acids is 2. The molecule has 4 unspecified atom stereocenters. The Bertz CT molecular complexity index is 1840. The van der Waals surface area contributed by atoms with Crippen molar-refractivity contribution in [3.8, 4) is 0 Å². The lowest BCUT2D eigenvalue weighted by Crippen LogP contribution is -2.73. The molecule has 4 rings (SSSR count). The third kappa shape index (κ3) is 19.6. The van der Waals surface area contributed by atoms with E-state index in [-0.39, 0.29) is 52.4 Å². The highest BCUT2D eigenvalue weighted by Crippen LogP contribution is 2.61. The molecule has 0 N–H and O–H groups in total. The Hall–Kier alpha value is -1.38. The summed E-state index contributed by atoms with van der Waals surface area (Å²) in [6.45, 7) is 47.6. The molecule has 4 heterocycles. The third-order valence-corrected chi connectivity index (χ3v) is 21.2. The monoisotopic (exact) mass is 1190 g/mol. The van der Waals surface area contributed by atoms with E-state index in [0.717, 1.165) is 77.0 Å². The summed E-state index contributed by atoms with van der Waals surface area (Å²) < 4.78 is 14.5. The second kappa shape index (κ2) is 33.6. The number of nitrogens with zero attached hydrogens (tertiary/aromatic N) is 4. The lowest BCUT2D eigenvalue weighted by molar-refractivity contribution is -0.331. The molecule has 84 heavy (non-hydrogen) atoms. The first kappa shape index (κ1) is 75.1. The largest absolute Gasteiger partial charge is 0.460 e. The van der Waals surface area contributed by atoms with Gasteiger partial charge in [0.05, 0.1) is 49.3 Å². The van der Waals surface area contributed by atoms with Gasteiger partial charge in [-0.25, -0.2) is 0 Å². The van der Waals surface area contributed by atoms with E-state index >= 15 is 9.59 Å². The molecular weight excluding hydrogens is 1050 g/mol. The fraction of sp³-hybridized carbons (Fsp3) is 0.972. The van der Waals surface area contributed by atoms with Crippen molar-refractivity contribution in [1.82, 2.24) is 20.3 Å². The highest BCUT2D eigenvalue weighted by atomic mass is 16.7. The second-order valence-corrected chi connectivity index (χ2v) is 31.8. The molecule has 12 heteroatoms. The number of ether oxygens (including phenoxy) is 2. The quantitative estimate of drug-likeness (QED) is 0.0433. The van der Waals surface area contributed by atoms with Gasteiger partial charge >= 0.3 is 11.9 Å². The number of carbonyl (C=O) groups is 2. The summed E-state index contributed by atoms with van der Waals surface area (Å²) in [5, 5.41) is 8.84. The van der Waals surface area contributed by atoms with Gasteiger partial charge in [-0.3, -0.25) is 28.9 Å². The van der Waals surface area contributed by atoms with Crippen molar-refractivity contribution in [3.05, 3.63) is 0 Å². The van der Waals surface area contributed by atoms with Crippen LogP contribution in [-0.4, -0.2) is 115 Å². The summed E-state index contributed by atoms with van der Waals surface area (Å²) in [5.74, 6) is -1.42. The minimum atomic E-state index is -1.39. The molecule has 0 aliphatic carbocycles. The molecule has 0 bridgehead atoms. The van der Waals surface area contributed by atoms with Crippen molar-refractivity contribution in [3.63, 3.8) is 0 Å². The van der Waals surface area contributed by atoms with Crippen molar-refractivity contribution >= 4 is 11.9 Å². The summed E-state index contributed by atoms with van der Waals surface area (Å²) in [4.78, 5) is 61.3. The van der Waals surface area contributed by atoms with Crippen molar-refractivity contribution in [2.24, 2.45) is 17.3 Å². The van der Waals surface area contributed by atoms with Crippen LogP contribution in [0.5, 0.6) is 0 Å². The number of piperidine rings is 4. The lowest BCUT2D eigenvalue weighted by atomic mass is 9.50. The van der Waals surface area contributed by atoms with Gasteiger partial charge in [0.25, 0.3) is 0 Å². The molecule has 0 spiro atoms. The average molecular weight is 1190 g/mol. The summed E-state index contributed by atoms with van der Waals surface area (Å²) in [7, 11) is 0. The molecule has 4 fully saturated rings. The maximum atomic E-state index is 17.2. The van der Waals surface area contributed by atoms with Crippen LogP contribution in [-0.2, 0) is 38.4 Å². The molecule has 0 aromatic heterocycles. The first-order valence-electron chi connectivity index (χ1n) is 35.5. The van der Waals surface area contributed by atoms with Gasteiger partial charge in [0.1, 0.15) is 12.2 Å². The summed E-state index contributed by atoms with van der Waals surface area (Å²) in [6, 6.07) is 0. The SMILES string of the molecule is CCCCCCCCON1C(C)(C)CCC(OC(=O)CC(C(=O)OC2CCC(C)(C)N(OCCCCCCCC)C2(C)C)(C2CCC(C)(C)N(OCCCCCCCC)C2(C)C)C2CCC(C)(C)N(OCCCCCCCC)C2(C)C)C1(C)C. The van der Waals surface area contributed by atoms with Crippen LogP contribution < -0.4 is 0 Å². The minimum absolute atomic E-state index is 0.128. The predicted molar refractivity (Wildman–Crippen MR) is 348 cm³/mol. The van der Waals surface area contributed by atoms with Gasteiger partial charge in [-0.2, -0.15) is 20.3 Å². The highest BCUT2D eigenvalue weighted by molar-refractivity contribution is 5.85. The van der Waals surface area contributed by atoms with E-state index in [1.165, 1.54) is 103 Å². The van der Waals surface area contributed by atoms with Crippen LogP contribution in [0.1, 0.15) is 350 Å². The molecule has 4 aliphatic heterocycles. The number of unbranched alkanes of at least 4 members (excludes halogenated alkanes) is 20. The second-order valence-electron chi connectivity index (χ2n) is 31.8. The van der Waals surface area contributed by atoms with Crippen LogP contribution in [0.25, 0.3) is 0 Å². The fourth-order valence-corrected chi connectivity index (χ4v) is 16.7. The topological polar surface area (TPSA) is 102 Å².